The van der Waals surface area contributed by atoms with E-state index in [9.17, 15) is 4.79 Å². The first kappa shape index (κ1) is 10.3. The van der Waals surface area contributed by atoms with Gasteiger partial charge < -0.3 is 5.32 Å². The molecule has 2 atom stereocenters. The smallest absolute Gasteiger partial charge is 0.150 e. The summed E-state index contributed by atoms with van der Waals surface area (Å²) in [7, 11) is 0. The van der Waals surface area contributed by atoms with Crippen LogP contribution in [0, 0.1) is 5.92 Å². The predicted molar refractivity (Wildman–Crippen MR) is 64.2 cm³/mol. The van der Waals surface area contributed by atoms with E-state index in [-0.39, 0.29) is 5.54 Å². The van der Waals surface area contributed by atoms with E-state index in [1.54, 1.807) is 0 Å². The highest BCUT2D eigenvalue weighted by molar-refractivity contribution is 5.85. The first-order valence-electron chi connectivity index (χ1n) is 6.36. The van der Waals surface area contributed by atoms with Crippen LogP contribution in [-0.4, -0.2) is 17.9 Å². The van der Waals surface area contributed by atoms with E-state index in [0.717, 1.165) is 5.92 Å². The topological polar surface area (TPSA) is 29.1 Å². The summed E-state index contributed by atoms with van der Waals surface area (Å²) >= 11 is 0. The normalized spacial score (nSPS) is 38.3. The molecule has 1 N–H and O–H groups in total. The van der Waals surface area contributed by atoms with Crippen LogP contribution in [0.5, 0.6) is 0 Å². The quantitative estimate of drug-likeness (QED) is 0.675. The van der Waals surface area contributed by atoms with Crippen LogP contribution in [0.3, 0.4) is 0 Å². The molecule has 0 bridgehead atoms. The lowest BCUT2D eigenvalue weighted by Gasteiger charge is -2.45. The van der Waals surface area contributed by atoms with Crippen molar-refractivity contribution in [3.8, 4) is 0 Å². The number of rotatable bonds is 0. The number of carbonyl (C=O) groups is 1. The summed E-state index contributed by atoms with van der Waals surface area (Å²) < 4.78 is 0. The molecule has 2 unspecified atom stereocenters. The van der Waals surface area contributed by atoms with E-state index in [1.165, 1.54) is 36.8 Å². The van der Waals surface area contributed by atoms with Crippen molar-refractivity contribution in [3.63, 3.8) is 0 Å². The first-order chi connectivity index (χ1) is 7.69. The maximum atomic E-state index is 11.6. The summed E-state index contributed by atoms with van der Waals surface area (Å²) in [5, 5.41) is 3.44. The molecule has 3 rings (SSSR count). The number of allylic oxidation sites excluding steroid dienone is 3. The Morgan fingerprint density at radius 3 is 3.19 bits per heavy atom. The van der Waals surface area contributed by atoms with Gasteiger partial charge in [-0.05, 0) is 49.7 Å². The average molecular weight is 217 g/mol. The molecule has 3 aliphatic rings. The molecule has 2 nitrogen and oxygen atoms in total. The average Bonchev–Trinajstić information content (AvgIpc) is 2.31. The number of nitrogens with one attached hydrogen (secondary N) is 1. The lowest BCUT2D eigenvalue weighted by atomic mass is 9.67. The predicted octanol–water partition coefficient (Wildman–Crippen LogP) is 2.36. The number of fused-ring (bicyclic) bond motifs is 2. The van der Waals surface area contributed by atoms with Crippen LogP contribution in [0.4, 0.5) is 0 Å². The Kier molecular flexibility index (Phi) is 2.28. The molecule has 0 radical (unpaired) electrons. The standard InChI is InChI=1S/C14H19NO/c1-14-7-6-10-4-2-3-5-12(10)13(14)8-11(16)9-15-14/h3,5,10,15H,2,4,6-9H2,1H3. The van der Waals surface area contributed by atoms with E-state index in [1.807, 2.05) is 0 Å². The van der Waals surface area contributed by atoms with Crippen molar-refractivity contribution in [1.29, 1.82) is 0 Å². The lowest BCUT2D eigenvalue weighted by molar-refractivity contribution is -0.119. The molecule has 86 valence electrons. The Morgan fingerprint density at radius 2 is 2.31 bits per heavy atom. The maximum absolute atomic E-state index is 11.6. The Hall–Kier alpha value is -0.890. The van der Waals surface area contributed by atoms with Gasteiger partial charge in [-0.1, -0.05) is 12.2 Å². The first-order valence-corrected chi connectivity index (χ1v) is 6.36. The minimum Gasteiger partial charge on any atom is -0.301 e. The zero-order valence-corrected chi connectivity index (χ0v) is 9.88. The maximum Gasteiger partial charge on any atom is 0.150 e. The largest absolute Gasteiger partial charge is 0.301 e. The van der Waals surface area contributed by atoms with Crippen molar-refractivity contribution in [1.82, 2.24) is 5.32 Å². The number of hydrogen-bond acceptors (Lipinski definition) is 2. The molecule has 0 amide bonds. The van der Waals surface area contributed by atoms with Gasteiger partial charge in [0.25, 0.3) is 0 Å². The molecule has 1 aliphatic heterocycles. The van der Waals surface area contributed by atoms with E-state index in [2.05, 4.69) is 24.4 Å². The van der Waals surface area contributed by atoms with Crippen molar-refractivity contribution >= 4 is 5.78 Å². The van der Waals surface area contributed by atoms with E-state index in [4.69, 9.17) is 0 Å². The highest BCUT2D eigenvalue weighted by Crippen LogP contribution is 2.44. The minimum atomic E-state index is 0.0986. The number of carbonyl (C=O) groups excluding carboxylic acids is 1. The molecule has 0 aromatic heterocycles. The van der Waals surface area contributed by atoms with Crippen molar-refractivity contribution < 1.29 is 4.79 Å². The molecule has 1 fully saturated rings. The van der Waals surface area contributed by atoms with Crippen LogP contribution in [0.25, 0.3) is 0 Å². The third-order valence-electron chi connectivity index (χ3n) is 4.48. The van der Waals surface area contributed by atoms with Gasteiger partial charge in [-0.2, -0.15) is 0 Å². The summed E-state index contributed by atoms with van der Waals surface area (Å²) in [5.41, 5.74) is 2.96. The summed E-state index contributed by atoms with van der Waals surface area (Å²) in [5.74, 6) is 1.07. The highest BCUT2D eigenvalue weighted by atomic mass is 16.1. The third kappa shape index (κ3) is 1.47. The lowest BCUT2D eigenvalue weighted by Crippen LogP contribution is -2.53. The molecule has 1 saturated heterocycles. The van der Waals surface area contributed by atoms with Crippen LogP contribution in [0.2, 0.25) is 0 Å². The van der Waals surface area contributed by atoms with Gasteiger partial charge in [0, 0.05) is 12.0 Å². The Balaban J connectivity index is 2.07. The Labute approximate surface area is 96.8 Å². The summed E-state index contributed by atoms with van der Waals surface area (Å²) in [6.07, 6.45) is 10.2. The molecule has 0 saturated carbocycles. The van der Waals surface area contributed by atoms with Gasteiger partial charge >= 0.3 is 0 Å². The number of hydrogen-bond donors (Lipinski definition) is 1. The second-order valence-electron chi connectivity index (χ2n) is 5.55. The van der Waals surface area contributed by atoms with Crippen molar-refractivity contribution in [2.24, 2.45) is 5.92 Å². The fourth-order valence-electron chi connectivity index (χ4n) is 3.42. The van der Waals surface area contributed by atoms with Crippen LogP contribution >= 0.6 is 0 Å². The fraction of sp³-hybridized carbons (Fsp3) is 0.643. The fourth-order valence-corrected chi connectivity index (χ4v) is 3.42. The molecule has 16 heavy (non-hydrogen) atoms. The molecule has 0 aromatic rings. The molecule has 0 aromatic carbocycles. The number of ketones is 1. The second-order valence-corrected chi connectivity index (χ2v) is 5.55. The summed E-state index contributed by atoms with van der Waals surface area (Å²) in [6, 6.07) is 0. The van der Waals surface area contributed by atoms with Crippen molar-refractivity contribution in [3.05, 3.63) is 23.3 Å². The van der Waals surface area contributed by atoms with Gasteiger partial charge in [0.15, 0.2) is 5.78 Å². The number of piperidine rings is 1. The minimum absolute atomic E-state index is 0.0986. The molecule has 0 spiro atoms. The van der Waals surface area contributed by atoms with Gasteiger partial charge in [-0.15, -0.1) is 0 Å². The summed E-state index contributed by atoms with van der Waals surface area (Å²) in [4.78, 5) is 11.6. The monoisotopic (exact) mass is 217 g/mol. The van der Waals surface area contributed by atoms with Crippen LogP contribution in [0.15, 0.2) is 23.3 Å². The van der Waals surface area contributed by atoms with Crippen LogP contribution < -0.4 is 5.32 Å². The molecule has 2 aliphatic carbocycles. The zero-order chi connectivity index (χ0) is 11.2. The Morgan fingerprint density at radius 1 is 1.44 bits per heavy atom. The van der Waals surface area contributed by atoms with E-state index < -0.39 is 0 Å². The van der Waals surface area contributed by atoms with Gasteiger partial charge in [0.05, 0.1) is 6.54 Å². The van der Waals surface area contributed by atoms with Crippen molar-refractivity contribution in [2.75, 3.05) is 6.54 Å². The Bertz CT molecular complexity index is 394. The van der Waals surface area contributed by atoms with Gasteiger partial charge in [0.2, 0.25) is 0 Å². The highest BCUT2D eigenvalue weighted by Gasteiger charge is 2.40. The van der Waals surface area contributed by atoms with Crippen molar-refractivity contribution in [2.45, 2.75) is 44.6 Å². The SMILES string of the molecule is CC12CCC3CCC=CC3=C1CC(=O)CN2. The second kappa shape index (κ2) is 3.56. The molecule has 2 heteroatoms. The van der Waals surface area contributed by atoms with E-state index in [0.29, 0.717) is 18.7 Å². The van der Waals surface area contributed by atoms with Gasteiger partial charge in [0.1, 0.15) is 0 Å². The number of Topliss-reactive ketones (excluding diaryl/α,β-unsaturated/α-hetero) is 1. The van der Waals surface area contributed by atoms with Crippen LogP contribution in [-0.2, 0) is 4.79 Å². The molecular weight excluding hydrogens is 198 g/mol. The van der Waals surface area contributed by atoms with Crippen LogP contribution in [0.1, 0.15) is 39.0 Å². The summed E-state index contributed by atoms with van der Waals surface area (Å²) in [6.45, 7) is 2.82. The third-order valence-corrected chi connectivity index (χ3v) is 4.48. The molecule has 1 heterocycles. The van der Waals surface area contributed by atoms with Gasteiger partial charge in [-0.3, -0.25) is 4.79 Å². The van der Waals surface area contributed by atoms with E-state index >= 15 is 0 Å². The van der Waals surface area contributed by atoms with Gasteiger partial charge in [-0.25, -0.2) is 0 Å². The zero-order valence-electron chi connectivity index (χ0n) is 9.88. The molecular formula is C14H19NO.